The Labute approximate surface area is 159 Å². The maximum Gasteiger partial charge on any atom is 0.257 e. The van der Waals surface area contributed by atoms with Crippen LogP contribution in [0.1, 0.15) is 59.4 Å². The zero-order valence-electron chi connectivity index (χ0n) is 16.3. The van der Waals surface area contributed by atoms with Crippen molar-refractivity contribution >= 4 is 16.9 Å². The summed E-state index contributed by atoms with van der Waals surface area (Å²) in [6.45, 7) is 8.59. The Hall–Kier alpha value is -2.63. The second-order valence-corrected chi connectivity index (χ2v) is 7.61. The van der Waals surface area contributed by atoms with Crippen molar-refractivity contribution in [2.45, 2.75) is 52.5 Å². The van der Waals surface area contributed by atoms with Crippen LogP contribution in [0.4, 0.5) is 0 Å². The van der Waals surface area contributed by atoms with E-state index >= 15 is 0 Å². The van der Waals surface area contributed by atoms with Gasteiger partial charge >= 0.3 is 0 Å². The first-order chi connectivity index (χ1) is 13.1. The molecule has 0 radical (unpaired) electrons. The molecule has 6 nitrogen and oxygen atoms in total. The number of rotatable bonds is 4. The molecule has 0 unspecified atom stereocenters. The van der Waals surface area contributed by atoms with Crippen molar-refractivity contribution in [2.75, 3.05) is 13.1 Å². The van der Waals surface area contributed by atoms with E-state index in [9.17, 15) is 4.79 Å². The predicted octanol–water partition coefficient (Wildman–Crippen LogP) is 3.81. The number of nitrogens with one attached hydrogen (secondary N) is 1. The van der Waals surface area contributed by atoms with Gasteiger partial charge in [0.1, 0.15) is 5.65 Å². The number of carbonyl (C=O) groups excluding carboxylic acids is 1. The van der Waals surface area contributed by atoms with Crippen LogP contribution < -0.4 is 0 Å². The van der Waals surface area contributed by atoms with Crippen LogP contribution in [0.5, 0.6) is 0 Å². The zero-order valence-corrected chi connectivity index (χ0v) is 16.3. The smallest absolute Gasteiger partial charge is 0.257 e. The maximum atomic E-state index is 12.9. The lowest BCUT2D eigenvalue weighted by Crippen LogP contribution is -2.38. The Morgan fingerprint density at radius 1 is 1.22 bits per heavy atom. The molecule has 27 heavy (non-hydrogen) atoms. The Morgan fingerprint density at radius 2 is 2.00 bits per heavy atom. The summed E-state index contributed by atoms with van der Waals surface area (Å²) in [7, 11) is 0. The molecule has 0 aromatic carbocycles. The first-order valence-electron chi connectivity index (χ1n) is 9.83. The summed E-state index contributed by atoms with van der Waals surface area (Å²) in [6, 6.07) is 4.38. The number of nitrogens with zero attached hydrogens (tertiary/aromatic N) is 4. The Morgan fingerprint density at radius 3 is 2.74 bits per heavy atom. The molecular formula is C21H27N5O. The van der Waals surface area contributed by atoms with Crippen LogP contribution in [-0.4, -0.2) is 43.6 Å². The van der Waals surface area contributed by atoms with E-state index in [1.807, 2.05) is 22.7 Å². The quantitative estimate of drug-likeness (QED) is 0.764. The molecule has 1 N–H and O–H groups in total. The third kappa shape index (κ3) is 3.36. The monoisotopic (exact) mass is 365 g/mol. The van der Waals surface area contributed by atoms with Gasteiger partial charge in [-0.05, 0) is 50.8 Å². The van der Waals surface area contributed by atoms with E-state index < -0.39 is 0 Å². The van der Waals surface area contributed by atoms with Crippen LogP contribution in [0.3, 0.4) is 0 Å². The summed E-state index contributed by atoms with van der Waals surface area (Å²) in [5.41, 5.74) is 5.08. The second-order valence-electron chi connectivity index (χ2n) is 7.61. The molecule has 3 aromatic heterocycles. The largest absolute Gasteiger partial charge is 0.343 e. The number of carbonyl (C=O) groups is 1. The number of hydrogen-bond acceptors (Lipinski definition) is 3. The van der Waals surface area contributed by atoms with Gasteiger partial charge < -0.3 is 9.88 Å². The number of aryl methyl sites for hydroxylation is 2. The van der Waals surface area contributed by atoms with Crippen LogP contribution in [-0.2, 0) is 6.54 Å². The fraction of sp³-hybridized carbons (Fsp3) is 0.476. The van der Waals surface area contributed by atoms with Crippen molar-refractivity contribution in [1.82, 2.24) is 24.6 Å². The SMILES string of the molecule is CCCn1ncc(C(=O)N2CCC(c3cc4cc(C)cnc4[nH]3)CC2)c1C. The van der Waals surface area contributed by atoms with Crippen molar-refractivity contribution in [3.05, 3.63) is 47.0 Å². The van der Waals surface area contributed by atoms with E-state index in [0.29, 0.717) is 5.92 Å². The topological polar surface area (TPSA) is 66.8 Å². The van der Waals surface area contributed by atoms with Gasteiger partial charge in [0, 0.05) is 48.5 Å². The van der Waals surface area contributed by atoms with Gasteiger partial charge in [-0.2, -0.15) is 5.10 Å². The molecule has 4 heterocycles. The molecule has 4 rings (SSSR count). The minimum absolute atomic E-state index is 0.113. The maximum absolute atomic E-state index is 12.9. The van der Waals surface area contributed by atoms with E-state index in [-0.39, 0.29) is 5.91 Å². The number of aromatic nitrogens is 4. The summed E-state index contributed by atoms with van der Waals surface area (Å²) < 4.78 is 1.93. The molecule has 1 aliphatic heterocycles. The molecule has 1 fully saturated rings. The standard InChI is InChI=1S/C21H27N5O/c1-4-7-26-15(3)18(13-23-26)21(27)25-8-5-16(6-9-25)19-11-17-10-14(2)12-22-20(17)24-19/h10-13,16H,4-9H2,1-3H3,(H,22,24). The first-order valence-corrected chi connectivity index (χ1v) is 9.83. The highest BCUT2D eigenvalue weighted by atomic mass is 16.2. The molecule has 0 spiro atoms. The highest BCUT2D eigenvalue weighted by Crippen LogP contribution is 2.30. The number of aromatic amines is 1. The predicted molar refractivity (Wildman–Crippen MR) is 106 cm³/mol. The fourth-order valence-corrected chi connectivity index (χ4v) is 4.02. The molecule has 1 aliphatic rings. The highest BCUT2D eigenvalue weighted by Gasteiger charge is 2.27. The van der Waals surface area contributed by atoms with Crippen LogP contribution in [0, 0.1) is 13.8 Å². The summed E-state index contributed by atoms with van der Waals surface area (Å²) in [6.07, 6.45) is 6.58. The van der Waals surface area contributed by atoms with Gasteiger partial charge in [0.25, 0.3) is 5.91 Å². The molecule has 142 valence electrons. The van der Waals surface area contributed by atoms with E-state index in [0.717, 1.165) is 55.8 Å². The van der Waals surface area contributed by atoms with Gasteiger partial charge in [-0.15, -0.1) is 0 Å². The minimum atomic E-state index is 0.113. The third-order valence-corrected chi connectivity index (χ3v) is 5.62. The second kappa shape index (κ2) is 7.18. The normalized spacial score (nSPS) is 15.6. The van der Waals surface area contributed by atoms with Gasteiger partial charge in [0.15, 0.2) is 0 Å². The fourth-order valence-electron chi connectivity index (χ4n) is 4.02. The van der Waals surface area contributed by atoms with Crippen molar-refractivity contribution in [3.8, 4) is 0 Å². The lowest BCUT2D eigenvalue weighted by molar-refractivity contribution is 0.0711. The Kier molecular flexibility index (Phi) is 4.72. The number of H-pyrrole nitrogens is 1. The molecule has 1 saturated heterocycles. The zero-order chi connectivity index (χ0) is 19.0. The van der Waals surface area contributed by atoms with E-state index in [1.54, 1.807) is 6.20 Å². The molecule has 0 saturated carbocycles. The summed E-state index contributed by atoms with van der Waals surface area (Å²) in [5, 5.41) is 5.54. The van der Waals surface area contributed by atoms with Crippen LogP contribution in [0.25, 0.3) is 11.0 Å². The third-order valence-electron chi connectivity index (χ3n) is 5.62. The number of amides is 1. The van der Waals surface area contributed by atoms with Crippen LogP contribution in [0.15, 0.2) is 24.5 Å². The summed E-state index contributed by atoms with van der Waals surface area (Å²) in [4.78, 5) is 22.8. The molecule has 1 amide bonds. The molecule has 0 aliphatic carbocycles. The van der Waals surface area contributed by atoms with Gasteiger partial charge in [0.05, 0.1) is 11.8 Å². The van der Waals surface area contributed by atoms with Crippen LogP contribution in [0.2, 0.25) is 0 Å². The van der Waals surface area contributed by atoms with E-state index in [2.05, 4.69) is 41.0 Å². The average molecular weight is 365 g/mol. The molecule has 6 heteroatoms. The number of hydrogen-bond donors (Lipinski definition) is 1. The summed E-state index contributed by atoms with van der Waals surface area (Å²) >= 11 is 0. The Bertz CT molecular complexity index is 962. The molecule has 0 bridgehead atoms. The van der Waals surface area contributed by atoms with Gasteiger partial charge in [-0.1, -0.05) is 6.92 Å². The first kappa shape index (κ1) is 17.8. The lowest BCUT2D eigenvalue weighted by Gasteiger charge is -2.31. The number of piperidine rings is 1. The average Bonchev–Trinajstić information content (AvgIpc) is 3.25. The van der Waals surface area contributed by atoms with Crippen LogP contribution >= 0.6 is 0 Å². The summed E-state index contributed by atoms with van der Waals surface area (Å²) in [5.74, 6) is 0.565. The van der Waals surface area contributed by atoms with Gasteiger partial charge in [-0.3, -0.25) is 9.48 Å². The molecule has 0 atom stereocenters. The van der Waals surface area contributed by atoms with E-state index in [4.69, 9.17) is 0 Å². The van der Waals surface area contributed by atoms with Crippen molar-refractivity contribution < 1.29 is 4.79 Å². The highest BCUT2D eigenvalue weighted by molar-refractivity contribution is 5.95. The molecular weight excluding hydrogens is 338 g/mol. The van der Waals surface area contributed by atoms with Crippen molar-refractivity contribution in [2.24, 2.45) is 0 Å². The number of likely N-dealkylation sites (tertiary alicyclic amines) is 1. The van der Waals surface area contributed by atoms with Gasteiger partial charge in [0.2, 0.25) is 0 Å². The lowest BCUT2D eigenvalue weighted by atomic mass is 9.93. The van der Waals surface area contributed by atoms with E-state index in [1.165, 1.54) is 16.6 Å². The van der Waals surface area contributed by atoms with Gasteiger partial charge in [-0.25, -0.2) is 4.98 Å². The molecule has 3 aromatic rings. The van der Waals surface area contributed by atoms with Crippen molar-refractivity contribution in [3.63, 3.8) is 0 Å². The minimum Gasteiger partial charge on any atom is -0.343 e. The van der Waals surface area contributed by atoms with Crippen molar-refractivity contribution in [1.29, 1.82) is 0 Å². The Balaban J connectivity index is 1.44. The number of fused-ring (bicyclic) bond motifs is 1. The number of pyridine rings is 1.